The first kappa shape index (κ1) is 26.8. The van der Waals surface area contributed by atoms with Crippen molar-refractivity contribution in [2.45, 2.75) is 44.7 Å². The van der Waals surface area contributed by atoms with Crippen molar-refractivity contribution in [3.05, 3.63) is 52.6 Å². The molecule has 11 heteroatoms. The average molecular weight is 511 g/mol. The Labute approximate surface area is 217 Å². The van der Waals surface area contributed by atoms with Gasteiger partial charge in [0.05, 0.1) is 11.2 Å². The predicted molar refractivity (Wildman–Crippen MR) is 143 cm³/mol. The lowest BCUT2D eigenvalue weighted by atomic mass is 10.0. The van der Waals surface area contributed by atoms with Crippen LogP contribution in [0.25, 0.3) is 5.69 Å². The predicted octanol–water partition coefficient (Wildman–Crippen LogP) is 0.612. The van der Waals surface area contributed by atoms with Crippen LogP contribution in [-0.2, 0) is 11.2 Å². The van der Waals surface area contributed by atoms with E-state index in [0.29, 0.717) is 31.9 Å². The van der Waals surface area contributed by atoms with E-state index in [1.165, 1.54) is 10.1 Å². The number of nitrogens with zero attached hydrogens (tertiary/aromatic N) is 5. The van der Waals surface area contributed by atoms with Gasteiger partial charge in [-0.25, -0.2) is 9.59 Å². The van der Waals surface area contributed by atoms with E-state index in [2.05, 4.69) is 22.1 Å². The smallest absolute Gasteiger partial charge is 0.338 e. The number of aromatic nitrogens is 2. The summed E-state index contributed by atoms with van der Waals surface area (Å²) in [4.78, 5) is 47.3. The van der Waals surface area contributed by atoms with Crippen LogP contribution in [0.1, 0.15) is 32.8 Å². The van der Waals surface area contributed by atoms with Crippen molar-refractivity contribution in [2.75, 3.05) is 51.1 Å². The van der Waals surface area contributed by atoms with E-state index >= 15 is 0 Å². The number of nitrogens with one attached hydrogen (secondary N) is 1. The number of nitrogens with two attached hydrogens (primary N) is 2. The first-order valence-corrected chi connectivity index (χ1v) is 12.8. The molecule has 0 saturated carbocycles. The molecule has 1 unspecified atom stereocenters. The molecule has 2 aliphatic rings. The molecule has 0 bridgehead atoms. The second kappa shape index (κ2) is 10.6. The molecular weight excluding hydrogens is 472 g/mol. The van der Waals surface area contributed by atoms with Crippen molar-refractivity contribution in [3.63, 3.8) is 0 Å². The molecule has 0 aliphatic carbocycles. The molecule has 5 N–H and O–H groups in total. The van der Waals surface area contributed by atoms with Gasteiger partial charge in [-0.3, -0.25) is 14.7 Å². The molecule has 1 aromatic heterocycles. The Hall–Kier alpha value is -3.28. The molecule has 37 heavy (non-hydrogen) atoms. The van der Waals surface area contributed by atoms with E-state index in [4.69, 9.17) is 11.5 Å². The van der Waals surface area contributed by atoms with Crippen molar-refractivity contribution >= 4 is 17.8 Å². The van der Waals surface area contributed by atoms with E-state index < -0.39 is 11.2 Å². The average Bonchev–Trinajstić information content (AvgIpc) is 3.21. The summed E-state index contributed by atoms with van der Waals surface area (Å²) in [5.41, 5.74) is 12.5. The molecule has 200 valence electrons. The fourth-order valence-corrected chi connectivity index (χ4v) is 4.76. The molecule has 1 aromatic carbocycles. The zero-order valence-electron chi connectivity index (χ0n) is 21.9. The van der Waals surface area contributed by atoms with Gasteiger partial charge in [-0.15, -0.1) is 0 Å². The van der Waals surface area contributed by atoms with Gasteiger partial charge in [-0.05, 0) is 57.4 Å². The summed E-state index contributed by atoms with van der Waals surface area (Å²) in [6.45, 7) is 9.89. The van der Waals surface area contributed by atoms with E-state index in [9.17, 15) is 14.4 Å². The number of benzene rings is 1. The maximum Gasteiger partial charge on any atom is 0.354 e. The number of hydrogen-bond donors (Lipinski definition) is 3. The van der Waals surface area contributed by atoms with Crippen LogP contribution in [0.5, 0.6) is 0 Å². The standard InChI is InChI=1S/C26H38N8O3/c1-25(2,27)22(35)32-14-16-33(17-15-32)23(36)29-21-9-12-34(24(37)30-21)20-6-4-19(5-7-20)8-11-31-13-10-26(3,28)18-31/h4-7,9,12H,8,10-11,13-18,27-28H2,1-3H3,(H,29,30,36,37). The highest BCUT2D eigenvalue weighted by molar-refractivity contribution is 5.89. The number of likely N-dealkylation sites (tertiary alicyclic amines) is 1. The van der Waals surface area contributed by atoms with Crippen LogP contribution in [0.3, 0.4) is 0 Å². The van der Waals surface area contributed by atoms with Gasteiger partial charge in [0.1, 0.15) is 5.82 Å². The Bertz CT molecular complexity index is 1180. The number of carbonyl (C=O) groups excluding carboxylic acids is 2. The summed E-state index contributed by atoms with van der Waals surface area (Å²) in [5, 5.41) is 2.68. The van der Waals surface area contributed by atoms with Gasteiger partial charge < -0.3 is 26.2 Å². The van der Waals surface area contributed by atoms with Gasteiger partial charge in [0.25, 0.3) is 0 Å². The topological polar surface area (TPSA) is 143 Å². The maximum absolute atomic E-state index is 12.7. The van der Waals surface area contributed by atoms with Gasteiger partial charge in [0.15, 0.2) is 0 Å². The largest absolute Gasteiger partial charge is 0.354 e. The number of hydrogen-bond acceptors (Lipinski definition) is 7. The van der Waals surface area contributed by atoms with Gasteiger partial charge in [0, 0.05) is 57.5 Å². The maximum atomic E-state index is 12.7. The summed E-state index contributed by atoms with van der Waals surface area (Å²) < 4.78 is 1.44. The summed E-state index contributed by atoms with van der Waals surface area (Å²) in [7, 11) is 0. The van der Waals surface area contributed by atoms with Crippen molar-refractivity contribution < 1.29 is 9.59 Å². The fraction of sp³-hybridized carbons (Fsp3) is 0.538. The van der Waals surface area contributed by atoms with Crippen LogP contribution in [0.2, 0.25) is 0 Å². The Morgan fingerprint density at radius 2 is 1.70 bits per heavy atom. The van der Waals surface area contributed by atoms with Gasteiger partial charge in [0.2, 0.25) is 5.91 Å². The first-order chi connectivity index (χ1) is 17.4. The lowest BCUT2D eigenvalue weighted by molar-refractivity contribution is -0.137. The minimum absolute atomic E-state index is 0.0962. The molecule has 0 spiro atoms. The quantitative estimate of drug-likeness (QED) is 0.517. The number of rotatable bonds is 6. The lowest BCUT2D eigenvalue weighted by Gasteiger charge is -2.37. The summed E-state index contributed by atoms with van der Waals surface area (Å²) in [6, 6.07) is 9.08. The number of anilines is 1. The van der Waals surface area contributed by atoms with Gasteiger partial charge in [-0.1, -0.05) is 12.1 Å². The van der Waals surface area contributed by atoms with Crippen LogP contribution < -0.4 is 22.5 Å². The molecule has 1 atom stereocenters. The Balaban J connectivity index is 1.30. The van der Waals surface area contributed by atoms with Crippen LogP contribution in [0.15, 0.2) is 41.3 Å². The van der Waals surface area contributed by atoms with Gasteiger partial charge >= 0.3 is 11.7 Å². The highest BCUT2D eigenvalue weighted by Crippen LogP contribution is 2.18. The highest BCUT2D eigenvalue weighted by atomic mass is 16.2. The molecule has 11 nitrogen and oxygen atoms in total. The molecule has 2 saturated heterocycles. The first-order valence-electron chi connectivity index (χ1n) is 12.8. The van der Waals surface area contributed by atoms with E-state index in [0.717, 1.165) is 32.5 Å². The minimum Gasteiger partial charge on any atom is -0.338 e. The Morgan fingerprint density at radius 1 is 1.05 bits per heavy atom. The number of amides is 3. The third kappa shape index (κ3) is 6.73. The Morgan fingerprint density at radius 3 is 2.27 bits per heavy atom. The molecule has 2 aromatic rings. The highest BCUT2D eigenvalue weighted by Gasteiger charge is 2.31. The van der Waals surface area contributed by atoms with E-state index in [-0.39, 0.29) is 23.3 Å². The second-order valence-corrected chi connectivity index (χ2v) is 11.0. The van der Waals surface area contributed by atoms with Crippen molar-refractivity contribution in [2.24, 2.45) is 11.5 Å². The van der Waals surface area contributed by atoms with Crippen molar-refractivity contribution in [1.82, 2.24) is 24.3 Å². The monoisotopic (exact) mass is 510 g/mol. The normalized spacial score (nSPS) is 20.8. The SMILES string of the molecule is CC1(N)CCN(CCc2ccc(-n3ccc(NC(=O)N4CCN(C(=O)C(C)(C)N)CC4)nc3=O)cc2)C1. The van der Waals surface area contributed by atoms with E-state index in [1.54, 1.807) is 35.9 Å². The molecule has 4 rings (SSSR count). The minimum atomic E-state index is -0.945. The number of urea groups is 1. The van der Waals surface area contributed by atoms with Crippen LogP contribution in [0.4, 0.5) is 10.6 Å². The van der Waals surface area contributed by atoms with E-state index in [1.807, 2.05) is 24.3 Å². The zero-order chi connectivity index (χ0) is 26.8. The Kier molecular flexibility index (Phi) is 7.67. The summed E-state index contributed by atoms with van der Waals surface area (Å²) in [5.74, 6) is 0.0404. The summed E-state index contributed by atoms with van der Waals surface area (Å²) >= 11 is 0. The molecule has 3 amide bonds. The van der Waals surface area contributed by atoms with Crippen molar-refractivity contribution in [3.8, 4) is 5.69 Å². The molecule has 2 aliphatic heterocycles. The molecule has 0 radical (unpaired) electrons. The second-order valence-electron chi connectivity index (χ2n) is 11.0. The summed E-state index contributed by atoms with van der Waals surface area (Å²) in [6.07, 6.45) is 3.54. The molecule has 3 heterocycles. The van der Waals surface area contributed by atoms with Crippen LogP contribution >= 0.6 is 0 Å². The number of carbonyl (C=O) groups is 2. The fourth-order valence-electron chi connectivity index (χ4n) is 4.76. The van der Waals surface area contributed by atoms with Crippen LogP contribution in [0, 0.1) is 0 Å². The third-order valence-electron chi connectivity index (χ3n) is 6.96. The molecule has 2 fully saturated rings. The lowest BCUT2D eigenvalue weighted by Crippen LogP contribution is -2.58. The number of piperazine rings is 1. The zero-order valence-corrected chi connectivity index (χ0v) is 21.9. The third-order valence-corrected chi connectivity index (χ3v) is 6.96. The van der Waals surface area contributed by atoms with Gasteiger partial charge in [-0.2, -0.15) is 4.98 Å². The van der Waals surface area contributed by atoms with Crippen molar-refractivity contribution in [1.29, 1.82) is 0 Å². The molecular formula is C26H38N8O3. The van der Waals surface area contributed by atoms with Crippen LogP contribution in [-0.4, -0.2) is 93.1 Å².